The van der Waals surface area contributed by atoms with Crippen LogP contribution in [0.25, 0.3) is 0 Å². The molecule has 3 aliphatic rings. The summed E-state index contributed by atoms with van der Waals surface area (Å²) in [5.41, 5.74) is 0.465. The molecule has 2 atom stereocenters. The van der Waals surface area contributed by atoms with Gasteiger partial charge in [0.05, 0.1) is 17.8 Å². The highest BCUT2D eigenvalue weighted by Gasteiger charge is 2.38. The molecule has 0 N–H and O–H groups in total. The Morgan fingerprint density at radius 1 is 0.907 bits per heavy atom. The van der Waals surface area contributed by atoms with Crippen LogP contribution in [0.3, 0.4) is 0 Å². The highest BCUT2D eigenvalue weighted by atomic mass is 35.5. The van der Waals surface area contributed by atoms with Gasteiger partial charge in [-0.2, -0.15) is 22.3 Å². The number of hydrogen-bond donors (Lipinski definition) is 0. The topological polar surface area (TPSA) is 104 Å². The first kappa shape index (κ1) is 38.9. The van der Waals surface area contributed by atoms with E-state index in [2.05, 4.69) is 14.4 Å². The van der Waals surface area contributed by atoms with E-state index in [1.807, 2.05) is 0 Å². The molecule has 3 aliphatic heterocycles. The number of rotatable bonds is 13. The zero-order chi connectivity index (χ0) is 38.5. The van der Waals surface area contributed by atoms with Crippen molar-refractivity contribution in [2.24, 2.45) is 5.92 Å². The van der Waals surface area contributed by atoms with Gasteiger partial charge in [0, 0.05) is 18.5 Å². The molecule has 7 rings (SSSR count). The molecule has 3 fully saturated rings. The maximum absolute atomic E-state index is 15.1. The van der Waals surface area contributed by atoms with Crippen LogP contribution in [-0.2, 0) is 22.4 Å². The molecule has 0 radical (unpaired) electrons. The third kappa shape index (κ3) is 9.43. The number of fused-ring (bicyclic) bond motifs is 3. The maximum Gasteiger partial charge on any atom is 0.415 e. The predicted octanol–water partition coefficient (Wildman–Crippen LogP) is 8.35. The molecule has 0 saturated carbocycles. The van der Waals surface area contributed by atoms with Crippen molar-refractivity contribution in [1.82, 2.24) is 4.90 Å². The number of aromatic nitrogens is 1. The summed E-state index contributed by atoms with van der Waals surface area (Å²) in [6.45, 7) is -4.56. The Morgan fingerprint density at radius 2 is 1.59 bits per heavy atom. The van der Waals surface area contributed by atoms with Crippen LogP contribution in [0.5, 0.6) is 11.5 Å². The second-order valence-electron chi connectivity index (χ2n) is 12.7. The third-order valence-electron chi connectivity index (χ3n) is 9.18. The molecule has 3 aromatic carbocycles. The molecule has 2 bridgehead atoms. The van der Waals surface area contributed by atoms with Gasteiger partial charge in [-0.1, -0.05) is 53.5 Å². The summed E-state index contributed by atoms with van der Waals surface area (Å²) < 4.78 is 88.6. The van der Waals surface area contributed by atoms with Gasteiger partial charge in [-0.3, -0.25) is 9.80 Å². The molecule has 4 aromatic rings. The number of halogens is 7. The minimum atomic E-state index is -3.42. The van der Waals surface area contributed by atoms with E-state index in [1.54, 1.807) is 12.1 Å². The van der Waals surface area contributed by atoms with E-state index in [0.29, 0.717) is 16.8 Å². The summed E-state index contributed by atoms with van der Waals surface area (Å²) >= 11 is 12.6. The number of ether oxygens (including phenoxy) is 4. The number of carbonyl (C=O) groups excluding carboxylic acids is 2. The molecular formula is C37H32Cl2F5N3O7. The van der Waals surface area contributed by atoms with Crippen molar-refractivity contribution in [3.05, 3.63) is 122 Å². The lowest BCUT2D eigenvalue weighted by molar-refractivity contribution is -0.605. The average Bonchev–Trinajstić information content (AvgIpc) is 3.13. The smallest absolute Gasteiger partial charge is 0.415 e. The number of carbonyl (C=O) groups is 2. The van der Waals surface area contributed by atoms with Gasteiger partial charge in [-0.05, 0) is 79.4 Å². The van der Waals surface area contributed by atoms with Gasteiger partial charge in [0.1, 0.15) is 28.1 Å². The largest absolute Gasteiger partial charge is 0.619 e. The van der Waals surface area contributed by atoms with Crippen molar-refractivity contribution < 1.29 is 55.2 Å². The Labute approximate surface area is 316 Å². The lowest BCUT2D eigenvalue weighted by Crippen LogP contribution is -2.53. The second-order valence-corrected chi connectivity index (χ2v) is 13.5. The Bertz CT molecular complexity index is 1960. The zero-order valence-corrected chi connectivity index (χ0v) is 29.7. The summed E-state index contributed by atoms with van der Waals surface area (Å²) in [6.07, 6.45) is 0.976. The van der Waals surface area contributed by atoms with E-state index >= 15 is 4.39 Å². The summed E-state index contributed by atoms with van der Waals surface area (Å²) in [6, 6.07) is 14.7. The molecule has 0 aliphatic carbocycles. The number of para-hydroxylation sites is 1. The summed E-state index contributed by atoms with van der Waals surface area (Å²) in [5.74, 6) is -2.89. The molecule has 54 heavy (non-hydrogen) atoms. The fraction of sp³-hybridized carbons (Fsp3) is 0.324. The van der Waals surface area contributed by atoms with Gasteiger partial charge in [0.25, 0.3) is 0 Å². The van der Waals surface area contributed by atoms with Crippen molar-refractivity contribution >= 4 is 41.0 Å². The van der Waals surface area contributed by atoms with Gasteiger partial charge in [-0.25, -0.2) is 14.0 Å². The first-order valence-corrected chi connectivity index (χ1v) is 17.5. The van der Waals surface area contributed by atoms with Crippen LogP contribution in [-0.4, -0.2) is 55.9 Å². The number of nitrogens with zero attached hydrogens (tertiary/aromatic N) is 3. The van der Waals surface area contributed by atoms with E-state index in [0.717, 1.165) is 55.4 Å². The van der Waals surface area contributed by atoms with Crippen LogP contribution in [0.1, 0.15) is 46.0 Å². The standard InChI is InChI=1S/C37H32Cl2F5N3O7/c38-26-18-46(50)19-27(39)25(26)16-31(23-8-9-30(52-35(41)42)32(15-23)53-36(43)44)51-34(48)24-5-3-4-21(14-24)17-47(29-7-2-1-6-28(29)40)37(49)54-33-20-45-12-10-22(33)11-13-45/h1-9,14-15,18-19,22,31,33,35-36H,10-13,16-17,20H2/t31-,33-/m0/s1. The van der Waals surface area contributed by atoms with E-state index < -0.39 is 48.7 Å². The van der Waals surface area contributed by atoms with Crippen LogP contribution in [0, 0.1) is 16.9 Å². The second kappa shape index (κ2) is 17.1. The van der Waals surface area contributed by atoms with Crippen LogP contribution >= 0.6 is 23.2 Å². The molecule has 0 unspecified atom stereocenters. The molecule has 286 valence electrons. The summed E-state index contributed by atoms with van der Waals surface area (Å²) in [5, 5.41) is 11.7. The number of hydrogen-bond acceptors (Lipinski definition) is 8. The molecule has 10 nitrogen and oxygen atoms in total. The number of anilines is 1. The Morgan fingerprint density at radius 3 is 2.24 bits per heavy atom. The highest BCUT2D eigenvalue weighted by Crippen LogP contribution is 2.37. The predicted molar refractivity (Wildman–Crippen MR) is 185 cm³/mol. The first-order chi connectivity index (χ1) is 25.8. The highest BCUT2D eigenvalue weighted by molar-refractivity contribution is 6.35. The number of pyridine rings is 1. The molecule has 4 heterocycles. The van der Waals surface area contributed by atoms with Crippen molar-refractivity contribution in [2.75, 3.05) is 24.5 Å². The van der Waals surface area contributed by atoms with Crippen molar-refractivity contribution in [3.8, 4) is 11.5 Å². The quantitative estimate of drug-likeness (QED) is 0.0576. The van der Waals surface area contributed by atoms with Crippen LogP contribution in [0.15, 0.2) is 79.1 Å². The normalized spacial score (nSPS) is 18.4. The minimum Gasteiger partial charge on any atom is -0.619 e. The number of benzene rings is 3. The SMILES string of the molecule is O=C(O[C@@H](Cc1c(Cl)c[n+]([O-])cc1Cl)c1ccc(OC(F)F)c(OC(F)F)c1)c1cccc(CN(C(=O)O[C@H]2CN3CCC2CC3)c2ccccc2F)c1. The van der Waals surface area contributed by atoms with E-state index in [4.69, 9.17) is 32.7 Å². The number of piperidine rings is 3. The van der Waals surface area contributed by atoms with Crippen LogP contribution in [0.4, 0.5) is 32.4 Å². The molecule has 0 spiro atoms. The monoisotopic (exact) mass is 795 g/mol. The minimum absolute atomic E-state index is 0.0102. The molecule has 1 amide bonds. The molecule has 3 saturated heterocycles. The molecule has 1 aromatic heterocycles. The lowest BCUT2D eigenvalue weighted by atomic mass is 9.86. The van der Waals surface area contributed by atoms with Gasteiger partial charge in [0.2, 0.25) is 0 Å². The van der Waals surface area contributed by atoms with Gasteiger partial charge in [0.15, 0.2) is 23.9 Å². The van der Waals surface area contributed by atoms with Crippen LogP contribution in [0.2, 0.25) is 10.0 Å². The maximum atomic E-state index is 15.1. The summed E-state index contributed by atoms with van der Waals surface area (Å²) in [4.78, 5) is 30.8. The Balaban J connectivity index is 1.28. The first-order valence-electron chi connectivity index (χ1n) is 16.7. The lowest BCUT2D eigenvalue weighted by Gasteiger charge is -2.44. The molecular weight excluding hydrogens is 764 g/mol. The number of amides is 1. The number of alkyl halides is 4. The third-order valence-corrected chi connectivity index (χ3v) is 9.84. The fourth-order valence-electron chi connectivity index (χ4n) is 6.58. The van der Waals surface area contributed by atoms with Gasteiger partial charge in [-0.15, -0.1) is 0 Å². The average molecular weight is 797 g/mol. The van der Waals surface area contributed by atoms with Gasteiger partial charge < -0.3 is 24.2 Å². The number of esters is 1. The van der Waals surface area contributed by atoms with Crippen LogP contribution < -0.4 is 19.1 Å². The van der Waals surface area contributed by atoms with Crippen molar-refractivity contribution in [2.45, 2.75) is 51.2 Å². The van der Waals surface area contributed by atoms with E-state index in [1.165, 1.54) is 42.5 Å². The van der Waals surface area contributed by atoms with E-state index in [9.17, 15) is 32.4 Å². The Hall–Kier alpha value is -4.86. The molecule has 17 heteroatoms. The van der Waals surface area contributed by atoms with Gasteiger partial charge >= 0.3 is 25.3 Å². The fourth-order valence-corrected chi connectivity index (χ4v) is 7.18. The van der Waals surface area contributed by atoms with Crippen molar-refractivity contribution in [3.63, 3.8) is 0 Å². The Kier molecular flexibility index (Phi) is 12.3. The summed E-state index contributed by atoms with van der Waals surface area (Å²) in [7, 11) is 0. The van der Waals surface area contributed by atoms with E-state index in [-0.39, 0.29) is 57.4 Å². The van der Waals surface area contributed by atoms with Crippen molar-refractivity contribution in [1.29, 1.82) is 0 Å². The zero-order valence-electron chi connectivity index (χ0n) is 28.2.